The van der Waals surface area contributed by atoms with Gasteiger partial charge in [-0.2, -0.15) is 0 Å². The normalized spacial score (nSPS) is 11.4. The fourth-order valence-electron chi connectivity index (χ4n) is 3.09. The molecule has 0 spiro atoms. The lowest BCUT2D eigenvalue weighted by molar-refractivity contribution is 0.575. The van der Waals surface area contributed by atoms with Crippen LogP contribution >= 0.6 is 23.2 Å². The van der Waals surface area contributed by atoms with Crippen molar-refractivity contribution in [1.82, 2.24) is 9.36 Å². The summed E-state index contributed by atoms with van der Waals surface area (Å²) in [7, 11) is 1.83. The predicted octanol–water partition coefficient (Wildman–Crippen LogP) is 5.80. The molecule has 0 aliphatic rings. The quantitative estimate of drug-likeness (QED) is 0.387. The molecule has 0 bridgehead atoms. The Labute approximate surface area is 177 Å². The summed E-state index contributed by atoms with van der Waals surface area (Å²) in [6.45, 7) is 1.86. The molecule has 7 heteroatoms. The molecule has 4 rings (SSSR count). The van der Waals surface area contributed by atoms with E-state index in [9.17, 15) is 4.79 Å². The van der Waals surface area contributed by atoms with Gasteiger partial charge >= 0.3 is 0 Å². The molecule has 0 unspecified atom stereocenters. The first kappa shape index (κ1) is 19.3. The van der Waals surface area contributed by atoms with E-state index in [4.69, 9.17) is 27.6 Å². The molecule has 146 valence electrons. The molecule has 4 aromatic rings. The molecule has 0 saturated carbocycles. The summed E-state index contributed by atoms with van der Waals surface area (Å²) >= 11 is 12.2. The van der Waals surface area contributed by atoms with Crippen LogP contribution in [0.4, 0.5) is 5.69 Å². The molecule has 0 aliphatic carbocycles. The van der Waals surface area contributed by atoms with Crippen molar-refractivity contribution in [3.05, 3.63) is 92.5 Å². The Morgan fingerprint density at radius 1 is 1.03 bits per heavy atom. The van der Waals surface area contributed by atoms with Gasteiger partial charge in [-0.15, -0.1) is 0 Å². The van der Waals surface area contributed by atoms with Crippen LogP contribution < -0.4 is 5.56 Å². The van der Waals surface area contributed by atoms with Gasteiger partial charge in [-0.05, 0) is 49.4 Å². The van der Waals surface area contributed by atoms with Crippen molar-refractivity contribution in [2.45, 2.75) is 6.92 Å². The molecular formula is C22H17Cl2N3O2. The van der Waals surface area contributed by atoms with E-state index in [1.165, 1.54) is 6.21 Å². The first-order valence-corrected chi connectivity index (χ1v) is 9.64. The second-order valence-electron chi connectivity index (χ2n) is 6.49. The van der Waals surface area contributed by atoms with E-state index < -0.39 is 0 Å². The third-order valence-electron chi connectivity index (χ3n) is 4.67. The van der Waals surface area contributed by atoms with E-state index in [0.29, 0.717) is 27.3 Å². The molecule has 5 nitrogen and oxygen atoms in total. The van der Waals surface area contributed by atoms with Gasteiger partial charge in [-0.1, -0.05) is 41.4 Å². The standard InChI is InChI=1S/C22H17Cl2N3O2/c1-14-21(22(28)27(26(14)2)16-6-4-3-5-7-16)25-13-17-9-11-20(29-17)18-10-8-15(23)12-19(18)24/h3-13H,1-2H3. The molecule has 0 atom stereocenters. The van der Waals surface area contributed by atoms with E-state index in [1.807, 2.05) is 44.3 Å². The summed E-state index contributed by atoms with van der Waals surface area (Å²) in [5.74, 6) is 1.11. The minimum Gasteiger partial charge on any atom is -0.455 e. The summed E-state index contributed by atoms with van der Waals surface area (Å²) in [5.41, 5.74) is 2.43. The van der Waals surface area contributed by atoms with Gasteiger partial charge in [0.15, 0.2) is 5.69 Å². The van der Waals surface area contributed by atoms with Crippen molar-refractivity contribution in [3.63, 3.8) is 0 Å². The van der Waals surface area contributed by atoms with Crippen LogP contribution in [-0.2, 0) is 7.05 Å². The minimum absolute atomic E-state index is 0.194. The summed E-state index contributed by atoms with van der Waals surface area (Å²) in [6.07, 6.45) is 1.53. The third-order valence-corrected chi connectivity index (χ3v) is 5.22. The molecule has 0 amide bonds. The highest BCUT2D eigenvalue weighted by Crippen LogP contribution is 2.31. The first-order chi connectivity index (χ1) is 14.0. The number of hydrogen-bond acceptors (Lipinski definition) is 3. The number of nitrogens with zero attached hydrogens (tertiary/aromatic N) is 3. The highest BCUT2D eigenvalue weighted by atomic mass is 35.5. The van der Waals surface area contributed by atoms with Crippen molar-refractivity contribution >= 4 is 35.1 Å². The molecule has 2 heterocycles. The summed E-state index contributed by atoms with van der Waals surface area (Å²) < 4.78 is 9.19. The molecule has 0 fully saturated rings. The van der Waals surface area contributed by atoms with Crippen LogP contribution in [0.15, 0.2) is 74.9 Å². The van der Waals surface area contributed by atoms with Crippen LogP contribution in [0.1, 0.15) is 11.5 Å². The monoisotopic (exact) mass is 425 g/mol. The van der Waals surface area contributed by atoms with Gasteiger partial charge < -0.3 is 4.42 Å². The molecule has 0 N–H and O–H groups in total. The van der Waals surface area contributed by atoms with Gasteiger partial charge in [0.2, 0.25) is 0 Å². The maximum atomic E-state index is 12.9. The Morgan fingerprint density at radius 3 is 2.52 bits per heavy atom. The fourth-order valence-corrected chi connectivity index (χ4v) is 3.59. The Hall–Kier alpha value is -3.02. The first-order valence-electron chi connectivity index (χ1n) is 8.89. The number of hydrogen-bond donors (Lipinski definition) is 0. The van der Waals surface area contributed by atoms with E-state index >= 15 is 0 Å². The average Bonchev–Trinajstić information content (AvgIpc) is 3.25. The van der Waals surface area contributed by atoms with Gasteiger partial charge in [-0.3, -0.25) is 9.48 Å². The smallest absolute Gasteiger partial charge is 0.297 e. The molecular weight excluding hydrogens is 409 g/mol. The Bertz CT molecular complexity index is 1270. The number of aromatic nitrogens is 2. The summed E-state index contributed by atoms with van der Waals surface area (Å²) in [6, 6.07) is 18.2. The van der Waals surface area contributed by atoms with Gasteiger partial charge in [-0.25, -0.2) is 9.67 Å². The van der Waals surface area contributed by atoms with E-state index in [2.05, 4.69) is 4.99 Å². The maximum absolute atomic E-state index is 12.9. The largest absolute Gasteiger partial charge is 0.455 e. The Morgan fingerprint density at radius 2 is 1.79 bits per heavy atom. The highest BCUT2D eigenvalue weighted by Gasteiger charge is 2.15. The van der Waals surface area contributed by atoms with Gasteiger partial charge in [0.1, 0.15) is 11.5 Å². The molecule has 2 aromatic heterocycles. The van der Waals surface area contributed by atoms with Crippen LogP contribution in [0, 0.1) is 6.92 Å². The van der Waals surface area contributed by atoms with Gasteiger partial charge in [0, 0.05) is 17.6 Å². The SMILES string of the molecule is Cc1c(N=Cc2ccc(-c3ccc(Cl)cc3Cl)o2)c(=O)n(-c2ccccc2)n1C. The average molecular weight is 426 g/mol. The van der Waals surface area contributed by atoms with Crippen molar-refractivity contribution in [3.8, 4) is 17.0 Å². The van der Waals surface area contributed by atoms with E-state index in [1.54, 1.807) is 39.7 Å². The molecule has 0 saturated heterocycles. The topological polar surface area (TPSA) is 52.4 Å². The van der Waals surface area contributed by atoms with Crippen molar-refractivity contribution in [2.75, 3.05) is 0 Å². The second-order valence-corrected chi connectivity index (χ2v) is 7.34. The maximum Gasteiger partial charge on any atom is 0.297 e. The predicted molar refractivity (Wildman–Crippen MR) is 117 cm³/mol. The molecule has 29 heavy (non-hydrogen) atoms. The third kappa shape index (κ3) is 3.67. The van der Waals surface area contributed by atoms with Crippen molar-refractivity contribution in [2.24, 2.45) is 12.0 Å². The zero-order valence-electron chi connectivity index (χ0n) is 15.8. The number of aliphatic imine (C=N–C) groups is 1. The van der Waals surface area contributed by atoms with Crippen LogP contribution in [0.3, 0.4) is 0 Å². The van der Waals surface area contributed by atoms with Crippen LogP contribution in [0.5, 0.6) is 0 Å². The van der Waals surface area contributed by atoms with E-state index in [0.717, 1.165) is 16.9 Å². The van der Waals surface area contributed by atoms with Crippen LogP contribution in [0.25, 0.3) is 17.0 Å². The van der Waals surface area contributed by atoms with E-state index in [-0.39, 0.29) is 5.56 Å². The lowest BCUT2D eigenvalue weighted by atomic mass is 10.2. The minimum atomic E-state index is -0.194. The molecule has 0 radical (unpaired) electrons. The Kier molecular flexibility index (Phi) is 5.18. The fraction of sp³-hybridized carbons (Fsp3) is 0.0909. The zero-order valence-corrected chi connectivity index (χ0v) is 17.3. The molecule has 0 aliphatic heterocycles. The van der Waals surface area contributed by atoms with Gasteiger partial charge in [0.05, 0.1) is 22.6 Å². The summed E-state index contributed by atoms with van der Waals surface area (Å²) in [4.78, 5) is 17.3. The number of rotatable bonds is 4. The Balaban J connectivity index is 1.67. The number of furan rings is 1. The lowest BCUT2D eigenvalue weighted by Crippen LogP contribution is -2.19. The molecule has 2 aromatic carbocycles. The second kappa shape index (κ2) is 7.78. The van der Waals surface area contributed by atoms with Crippen molar-refractivity contribution in [1.29, 1.82) is 0 Å². The highest BCUT2D eigenvalue weighted by molar-refractivity contribution is 6.36. The van der Waals surface area contributed by atoms with Crippen LogP contribution in [-0.4, -0.2) is 15.6 Å². The zero-order chi connectivity index (χ0) is 20.5. The van der Waals surface area contributed by atoms with Crippen LogP contribution in [0.2, 0.25) is 10.0 Å². The number of para-hydroxylation sites is 1. The summed E-state index contributed by atoms with van der Waals surface area (Å²) in [5, 5.41) is 1.06. The lowest BCUT2D eigenvalue weighted by Gasteiger charge is -2.07. The van der Waals surface area contributed by atoms with Crippen molar-refractivity contribution < 1.29 is 4.42 Å². The van der Waals surface area contributed by atoms with Gasteiger partial charge in [0.25, 0.3) is 5.56 Å². The number of benzene rings is 2. The number of halogens is 2.